The van der Waals surface area contributed by atoms with E-state index in [2.05, 4.69) is 27.0 Å². The number of anilines is 2. The molecular weight excluding hydrogens is 236 g/mol. The molecule has 0 aliphatic heterocycles. The van der Waals surface area contributed by atoms with E-state index in [1.165, 1.54) is 0 Å². The third-order valence-electron chi connectivity index (χ3n) is 3.11. The Bertz CT molecular complexity index is 525. The fourth-order valence-corrected chi connectivity index (χ4v) is 1.89. The topological polar surface area (TPSA) is 55.0 Å². The number of benzene rings is 1. The van der Waals surface area contributed by atoms with Crippen LogP contribution in [0.3, 0.4) is 0 Å². The van der Waals surface area contributed by atoms with Crippen molar-refractivity contribution in [1.82, 2.24) is 9.97 Å². The van der Waals surface area contributed by atoms with E-state index in [0.717, 1.165) is 35.9 Å². The zero-order valence-corrected chi connectivity index (χ0v) is 11.5. The van der Waals surface area contributed by atoms with Crippen molar-refractivity contribution in [2.45, 2.75) is 20.3 Å². The molecule has 0 amide bonds. The summed E-state index contributed by atoms with van der Waals surface area (Å²) >= 11 is 0. The largest absolute Gasteiger partial charge is 0.330 e. The predicted molar refractivity (Wildman–Crippen MR) is 78.6 cm³/mol. The van der Waals surface area contributed by atoms with Gasteiger partial charge >= 0.3 is 0 Å². The molecule has 1 heterocycles. The molecule has 0 radical (unpaired) electrons. The van der Waals surface area contributed by atoms with E-state index >= 15 is 0 Å². The van der Waals surface area contributed by atoms with Crippen LogP contribution in [-0.2, 0) is 0 Å². The van der Waals surface area contributed by atoms with Gasteiger partial charge in [-0.2, -0.15) is 0 Å². The van der Waals surface area contributed by atoms with Gasteiger partial charge in [-0.05, 0) is 38.9 Å². The Labute approximate surface area is 114 Å². The zero-order valence-electron chi connectivity index (χ0n) is 11.5. The molecule has 0 saturated carbocycles. The van der Waals surface area contributed by atoms with E-state index in [4.69, 9.17) is 5.73 Å². The molecule has 4 nitrogen and oxygen atoms in total. The van der Waals surface area contributed by atoms with E-state index in [1.54, 1.807) is 0 Å². The van der Waals surface area contributed by atoms with Gasteiger partial charge in [0.15, 0.2) is 5.82 Å². The van der Waals surface area contributed by atoms with E-state index < -0.39 is 0 Å². The number of aromatic nitrogens is 2. The van der Waals surface area contributed by atoms with Gasteiger partial charge in [0.2, 0.25) is 0 Å². The summed E-state index contributed by atoms with van der Waals surface area (Å²) < 4.78 is 0. The second-order valence-electron chi connectivity index (χ2n) is 4.53. The summed E-state index contributed by atoms with van der Waals surface area (Å²) in [6.45, 7) is 5.47. The molecule has 0 saturated heterocycles. The van der Waals surface area contributed by atoms with Crippen molar-refractivity contribution in [2.75, 3.05) is 18.0 Å². The highest BCUT2D eigenvalue weighted by atomic mass is 15.2. The summed E-state index contributed by atoms with van der Waals surface area (Å²) in [5.74, 6) is 0.878. The number of aryl methyl sites for hydroxylation is 2. The SMILES string of the molecule is Cc1ncc(N(CCCN)c2ccccc2)nc1C. The van der Waals surface area contributed by atoms with Crippen molar-refractivity contribution in [1.29, 1.82) is 0 Å². The molecular formula is C15H20N4. The first-order valence-electron chi connectivity index (χ1n) is 6.55. The summed E-state index contributed by atoms with van der Waals surface area (Å²) in [7, 11) is 0. The molecule has 1 aromatic heterocycles. The van der Waals surface area contributed by atoms with Crippen LogP contribution in [0, 0.1) is 13.8 Å². The molecule has 0 aliphatic rings. The Morgan fingerprint density at radius 3 is 2.47 bits per heavy atom. The Morgan fingerprint density at radius 2 is 1.84 bits per heavy atom. The molecule has 0 atom stereocenters. The maximum atomic E-state index is 5.62. The van der Waals surface area contributed by atoms with E-state index in [0.29, 0.717) is 6.54 Å². The van der Waals surface area contributed by atoms with Crippen LogP contribution in [0.5, 0.6) is 0 Å². The number of nitrogens with two attached hydrogens (primary N) is 1. The Hall–Kier alpha value is -1.94. The standard InChI is InChI=1S/C15H20N4/c1-12-13(2)18-15(11-17-12)19(10-6-9-16)14-7-4-3-5-8-14/h3-5,7-8,11H,6,9-10,16H2,1-2H3. The summed E-state index contributed by atoms with van der Waals surface area (Å²) in [5.41, 5.74) is 8.68. The molecule has 2 N–H and O–H groups in total. The zero-order chi connectivity index (χ0) is 13.7. The van der Waals surface area contributed by atoms with Gasteiger partial charge < -0.3 is 10.6 Å². The van der Waals surface area contributed by atoms with Crippen LogP contribution in [0.2, 0.25) is 0 Å². The second-order valence-corrected chi connectivity index (χ2v) is 4.53. The number of rotatable bonds is 5. The van der Waals surface area contributed by atoms with E-state index in [-0.39, 0.29) is 0 Å². The van der Waals surface area contributed by atoms with Crippen LogP contribution in [0.4, 0.5) is 11.5 Å². The van der Waals surface area contributed by atoms with Crippen LogP contribution < -0.4 is 10.6 Å². The third kappa shape index (κ3) is 3.29. The first kappa shape index (κ1) is 13.5. The molecule has 0 bridgehead atoms. The number of nitrogens with zero attached hydrogens (tertiary/aromatic N) is 3. The maximum absolute atomic E-state index is 5.62. The Balaban J connectivity index is 2.34. The molecule has 0 fully saturated rings. The lowest BCUT2D eigenvalue weighted by Gasteiger charge is -2.23. The molecule has 0 aliphatic carbocycles. The van der Waals surface area contributed by atoms with E-state index in [9.17, 15) is 0 Å². The first-order chi connectivity index (χ1) is 9.22. The average molecular weight is 256 g/mol. The lowest BCUT2D eigenvalue weighted by Crippen LogP contribution is -2.22. The lowest BCUT2D eigenvalue weighted by atomic mass is 10.2. The van der Waals surface area contributed by atoms with Crippen molar-refractivity contribution in [2.24, 2.45) is 5.73 Å². The van der Waals surface area contributed by atoms with Crippen molar-refractivity contribution in [3.05, 3.63) is 47.9 Å². The van der Waals surface area contributed by atoms with Gasteiger partial charge in [0.05, 0.1) is 17.6 Å². The van der Waals surface area contributed by atoms with Gasteiger partial charge in [-0.15, -0.1) is 0 Å². The molecule has 0 unspecified atom stereocenters. The molecule has 1 aromatic carbocycles. The number of para-hydroxylation sites is 1. The monoisotopic (exact) mass is 256 g/mol. The molecule has 19 heavy (non-hydrogen) atoms. The molecule has 2 rings (SSSR count). The Morgan fingerprint density at radius 1 is 1.11 bits per heavy atom. The van der Waals surface area contributed by atoms with Gasteiger partial charge in [-0.1, -0.05) is 18.2 Å². The normalized spacial score (nSPS) is 10.5. The third-order valence-corrected chi connectivity index (χ3v) is 3.11. The first-order valence-corrected chi connectivity index (χ1v) is 6.55. The van der Waals surface area contributed by atoms with Crippen LogP contribution in [0.25, 0.3) is 0 Å². The number of hydrogen-bond donors (Lipinski definition) is 1. The van der Waals surface area contributed by atoms with Gasteiger partial charge in [0.25, 0.3) is 0 Å². The predicted octanol–water partition coefficient (Wildman–Crippen LogP) is 2.58. The van der Waals surface area contributed by atoms with Gasteiger partial charge in [0.1, 0.15) is 0 Å². The lowest BCUT2D eigenvalue weighted by molar-refractivity contribution is 0.804. The van der Waals surface area contributed by atoms with Crippen molar-refractivity contribution >= 4 is 11.5 Å². The van der Waals surface area contributed by atoms with Gasteiger partial charge in [0, 0.05) is 12.2 Å². The number of hydrogen-bond acceptors (Lipinski definition) is 4. The van der Waals surface area contributed by atoms with Crippen LogP contribution >= 0.6 is 0 Å². The fourth-order valence-electron chi connectivity index (χ4n) is 1.89. The molecule has 100 valence electrons. The van der Waals surface area contributed by atoms with Crippen LogP contribution in [-0.4, -0.2) is 23.1 Å². The summed E-state index contributed by atoms with van der Waals surface area (Å²) in [5, 5.41) is 0. The molecule has 0 spiro atoms. The Kier molecular flexibility index (Phi) is 4.47. The van der Waals surface area contributed by atoms with Crippen molar-refractivity contribution < 1.29 is 0 Å². The maximum Gasteiger partial charge on any atom is 0.151 e. The van der Waals surface area contributed by atoms with Crippen molar-refractivity contribution in [3.8, 4) is 0 Å². The van der Waals surface area contributed by atoms with Crippen LogP contribution in [0.15, 0.2) is 36.5 Å². The summed E-state index contributed by atoms with van der Waals surface area (Å²) in [6, 6.07) is 10.2. The highest BCUT2D eigenvalue weighted by Gasteiger charge is 2.11. The van der Waals surface area contributed by atoms with Gasteiger partial charge in [-0.3, -0.25) is 4.98 Å². The van der Waals surface area contributed by atoms with Crippen molar-refractivity contribution in [3.63, 3.8) is 0 Å². The minimum absolute atomic E-state index is 0.668. The molecule has 4 heteroatoms. The minimum atomic E-state index is 0.668. The summed E-state index contributed by atoms with van der Waals surface area (Å²) in [4.78, 5) is 11.2. The fraction of sp³-hybridized carbons (Fsp3) is 0.333. The van der Waals surface area contributed by atoms with E-state index in [1.807, 2.05) is 38.2 Å². The highest BCUT2D eigenvalue weighted by Crippen LogP contribution is 2.23. The molecule has 2 aromatic rings. The second kappa shape index (κ2) is 6.29. The summed E-state index contributed by atoms with van der Waals surface area (Å²) in [6.07, 6.45) is 2.75. The quantitative estimate of drug-likeness (QED) is 0.893. The minimum Gasteiger partial charge on any atom is -0.330 e. The average Bonchev–Trinajstić information content (AvgIpc) is 2.44. The highest BCUT2D eigenvalue weighted by molar-refractivity contribution is 5.59. The van der Waals surface area contributed by atoms with Gasteiger partial charge in [-0.25, -0.2) is 4.98 Å². The smallest absolute Gasteiger partial charge is 0.151 e. The van der Waals surface area contributed by atoms with Crippen LogP contribution in [0.1, 0.15) is 17.8 Å².